The van der Waals surface area contributed by atoms with Crippen molar-refractivity contribution >= 4 is 18.0 Å². The lowest BCUT2D eigenvalue weighted by molar-refractivity contribution is -0.137. The number of hydrogen-bond donors (Lipinski definition) is 1. The molecule has 0 radical (unpaired) electrons. The highest BCUT2D eigenvalue weighted by Gasteiger charge is 2.19. The van der Waals surface area contributed by atoms with E-state index in [1.54, 1.807) is 20.8 Å². The van der Waals surface area contributed by atoms with E-state index in [4.69, 9.17) is 14.7 Å². The molecule has 0 aliphatic heterocycles. The molecule has 134 valence electrons. The number of ether oxygens (including phenoxy) is 2. The maximum atomic E-state index is 12.4. The Morgan fingerprint density at radius 1 is 1.15 bits per heavy atom. The zero-order valence-electron chi connectivity index (χ0n) is 15.0. The maximum absolute atomic E-state index is 12.4. The Morgan fingerprint density at radius 2 is 1.85 bits per heavy atom. The van der Waals surface area contributed by atoms with Gasteiger partial charge in [0.05, 0.1) is 6.61 Å². The molecule has 2 rings (SSSR count). The Balaban J connectivity index is 2.21. The van der Waals surface area contributed by atoms with E-state index in [0.29, 0.717) is 17.0 Å². The van der Waals surface area contributed by atoms with Gasteiger partial charge in [-0.2, -0.15) is 5.26 Å². The highest BCUT2D eigenvalue weighted by Crippen LogP contribution is 2.21. The van der Waals surface area contributed by atoms with Gasteiger partial charge < -0.3 is 14.5 Å². The molecule has 0 amide bonds. The molecule has 0 fully saturated rings. The van der Waals surface area contributed by atoms with Gasteiger partial charge in [-0.25, -0.2) is 9.59 Å². The maximum Gasteiger partial charge on any atom is 0.355 e. The van der Waals surface area contributed by atoms with Crippen LogP contribution in [-0.2, 0) is 20.9 Å². The van der Waals surface area contributed by atoms with Crippen LogP contribution < -0.4 is 0 Å². The van der Waals surface area contributed by atoms with Gasteiger partial charge in [-0.1, -0.05) is 30.3 Å². The van der Waals surface area contributed by atoms with Crippen molar-refractivity contribution in [1.29, 1.82) is 5.26 Å². The van der Waals surface area contributed by atoms with Crippen molar-refractivity contribution in [1.82, 2.24) is 4.98 Å². The van der Waals surface area contributed by atoms with Gasteiger partial charge in [0, 0.05) is 5.69 Å². The van der Waals surface area contributed by atoms with Crippen LogP contribution in [0.1, 0.15) is 39.8 Å². The minimum Gasteiger partial charge on any atom is -0.462 e. The number of carbonyl (C=O) groups is 2. The number of nitrogens with one attached hydrogen (secondary N) is 1. The van der Waals surface area contributed by atoms with Gasteiger partial charge in [-0.05, 0) is 43.5 Å². The van der Waals surface area contributed by atoms with E-state index in [9.17, 15) is 9.59 Å². The van der Waals surface area contributed by atoms with Crippen LogP contribution in [0.25, 0.3) is 6.08 Å². The molecule has 0 aliphatic carbocycles. The first kappa shape index (κ1) is 19.0. The number of rotatable bonds is 6. The van der Waals surface area contributed by atoms with Gasteiger partial charge in [0.1, 0.15) is 23.9 Å². The predicted octanol–water partition coefficient (Wildman–Crippen LogP) is 3.46. The molecule has 0 saturated heterocycles. The molecule has 0 atom stereocenters. The number of esters is 2. The fourth-order valence-electron chi connectivity index (χ4n) is 2.35. The van der Waals surface area contributed by atoms with E-state index < -0.39 is 11.9 Å². The average Bonchev–Trinajstić information content (AvgIpc) is 2.93. The number of nitrogens with zero attached hydrogens (tertiary/aromatic N) is 1. The Bertz CT molecular complexity index is 873. The fraction of sp³-hybridized carbons (Fsp3) is 0.250. The van der Waals surface area contributed by atoms with E-state index in [0.717, 1.165) is 11.1 Å². The fourth-order valence-corrected chi connectivity index (χ4v) is 2.35. The number of hydrogen-bond acceptors (Lipinski definition) is 5. The van der Waals surface area contributed by atoms with Crippen molar-refractivity contribution in [3.8, 4) is 6.07 Å². The molecular formula is C20H20N2O4. The normalized spacial score (nSPS) is 10.9. The summed E-state index contributed by atoms with van der Waals surface area (Å²) in [5, 5.41) is 9.15. The Kier molecular flexibility index (Phi) is 6.34. The molecule has 26 heavy (non-hydrogen) atoms. The van der Waals surface area contributed by atoms with Gasteiger partial charge >= 0.3 is 11.9 Å². The second-order valence-corrected chi connectivity index (χ2v) is 5.62. The van der Waals surface area contributed by atoms with Crippen LogP contribution in [0, 0.1) is 25.2 Å². The highest BCUT2D eigenvalue weighted by atomic mass is 16.5. The van der Waals surface area contributed by atoms with E-state index in [-0.39, 0.29) is 18.8 Å². The lowest BCUT2D eigenvalue weighted by Gasteiger charge is -2.04. The van der Waals surface area contributed by atoms with Crippen LogP contribution in [-0.4, -0.2) is 23.5 Å². The third-order valence-corrected chi connectivity index (χ3v) is 3.92. The summed E-state index contributed by atoms with van der Waals surface area (Å²) in [4.78, 5) is 27.1. The topological polar surface area (TPSA) is 92.2 Å². The third kappa shape index (κ3) is 4.39. The molecule has 0 saturated carbocycles. The monoisotopic (exact) mass is 352 g/mol. The van der Waals surface area contributed by atoms with Gasteiger partial charge in [0.15, 0.2) is 0 Å². The number of benzene rings is 1. The summed E-state index contributed by atoms with van der Waals surface area (Å²) in [5.41, 5.74) is 3.00. The number of aromatic amines is 1. The van der Waals surface area contributed by atoms with Crippen LogP contribution in [0.3, 0.4) is 0 Å². The molecule has 0 spiro atoms. The lowest BCUT2D eigenvalue weighted by Crippen LogP contribution is -2.07. The van der Waals surface area contributed by atoms with Gasteiger partial charge in [0.25, 0.3) is 0 Å². The summed E-state index contributed by atoms with van der Waals surface area (Å²) in [5.74, 6) is -1.20. The van der Waals surface area contributed by atoms with Crippen LogP contribution in [0.2, 0.25) is 0 Å². The zero-order chi connectivity index (χ0) is 19.1. The predicted molar refractivity (Wildman–Crippen MR) is 96.1 cm³/mol. The summed E-state index contributed by atoms with van der Waals surface area (Å²) in [6.45, 7) is 5.58. The summed E-state index contributed by atoms with van der Waals surface area (Å²) in [6, 6.07) is 11.2. The number of carbonyl (C=O) groups excluding carboxylic acids is 2. The van der Waals surface area contributed by atoms with E-state index in [1.165, 1.54) is 6.08 Å². The van der Waals surface area contributed by atoms with Crippen LogP contribution in [0.5, 0.6) is 0 Å². The van der Waals surface area contributed by atoms with E-state index >= 15 is 0 Å². The summed E-state index contributed by atoms with van der Waals surface area (Å²) < 4.78 is 10.2. The molecular weight excluding hydrogens is 332 g/mol. The Morgan fingerprint density at radius 3 is 2.46 bits per heavy atom. The first-order valence-corrected chi connectivity index (χ1v) is 8.17. The van der Waals surface area contributed by atoms with Crippen molar-refractivity contribution in [2.24, 2.45) is 0 Å². The molecule has 1 heterocycles. The first-order chi connectivity index (χ1) is 12.5. The molecule has 2 aromatic rings. The minimum absolute atomic E-state index is 0.139. The zero-order valence-corrected chi connectivity index (χ0v) is 15.0. The van der Waals surface area contributed by atoms with Crippen LogP contribution >= 0.6 is 0 Å². The summed E-state index contributed by atoms with van der Waals surface area (Å²) in [7, 11) is 0. The molecule has 0 bridgehead atoms. The minimum atomic E-state index is -0.699. The average molecular weight is 352 g/mol. The van der Waals surface area contributed by atoms with Gasteiger partial charge in [0.2, 0.25) is 0 Å². The molecule has 6 nitrogen and oxygen atoms in total. The second-order valence-electron chi connectivity index (χ2n) is 5.62. The number of aromatic nitrogens is 1. The van der Waals surface area contributed by atoms with E-state index in [1.807, 2.05) is 36.4 Å². The quantitative estimate of drug-likeness (QED) is 0.488. The van der Waals surface area contributed by atoms with E-state index in [2.05, 4.69) is 4.98 Å². The van der Waals surface area contributed by atoms with Crippen molar-refractivity contribution < 1.29 is 19.1 Å². The largest absolute Gasteiger partial charge is 0.462 e. The smallest absolute Gasteiger partial charge is 0.355 e. The number of H-pyrrole nitrogens is 1. The summed E-state index contributed by atoms with van der Waals surface area (Å²) in [6.07, 6.45) is 1.38. The Hall–Kier alpha value is -3.33. The Labute approximate surface area is 152 Å². The third-order valence-electron chi connectivity index (χ3n) is 3.92. The molecule has 1 aromatic carbocycles. The van der Waals surface area contributed by atoms with Crippen LogP contribution in [0.15, 0.2) is 35.9 Å². The standard InChI is InChI=1S/C20H20N2O4/c1-4-25-19(23)16(11-21)10-17-13(2)14(3)18(22-17)20(24)26-12-15-8-6-5-7-9-15/h5-10,22H,4,12H2,1-3H3. The van der Waals surface area contributed by atoms with Crippen molar-refractivity contribution in [3.63, 3.8) is 0 Å². The van der Waals surface area contributed by atoms with Crippen molar-refractivity contribution in [3.05, 3.63) is 64.0 Å². The molecule has 0 aliphatic rings. The number of nitriles is 1. The van der Waals surface area contributed by atoms with Gasteiger partial charge in [-0.15, -0.1) is 0 Å². The SMILES string of the molecule is CCOC(=O)C(C#N)=Cc1[nH]c(C(=O)OCc2ccccc2)c(C)c1C. The van der Waals surface area contributed by atoms with Crippen molar-refractivity contribution in [2.75, 3.05) is 6.61 Å². The molecule has 1 N–H and O–H groups in total. The lowest BCUT2D eigenvalue weighted by atomic mass is 10.1. The van der Waals surface area contributed by atoms with Crippen LogP contribution in [0.4, 0.5) is 0 Å². The molecule has 6 heteroatoms. The molecule has 1 aromatic heterocycles. The van der Waals surface area contributed by atoms with Gasteiger partial charge in [-0.3, -0.25) is 0 Å². The highest BCUT2D eigenvalue weighted by molar-refractivity contribution is 5.98. The van der Waals surface area contributed by atoms with Crippen molar-refractivity contribution in [2.45, 2.75) is 27.4 Å². The second kappa shape index (κ2) is 8.67. The first-order valence-electron chi connectivity index (χ1n) is 8.17. The molecule has 0 unspecified atom stereocenters. The summed E-state index contributed by atoms with van der Waals surface area (Å²) >= 11 is 0.